The fraction of sp³-hybridized carbons (Fsp3) is 0.423. The maximum Gasteiger partial charge on any atom is 0.407 e. The summed E-state index contributed by atoms with van der Waals surface area (Å²) < 4.78 is 10.9. The average molecular weight is 467 g/mol. The van der Waals surface area contributed by atoms with Gasteiger partial charge < -0.3 is 24.8 Å². The third kappa shape index (κ3) is 5.07. The molecule has 0 spiro atoms. The zero-order chi connectivity index (χ0) is 24.1. The lowest BCUT2D eigenvalue weighted by Gasteiger charge is -2.20. The molecule has 1 unspecified atom stereocenters. The van der Waals surface area contributed by atoms with Crippen LogP contribution in [0.15, 0.2) is 48.5 Å². The number of ether oxygens (including phenoxy) is 2. The first kappa shape index (κ1) is 23.8. The van der Waals surface area contributed by atoms with Crippen molar-refractivity contribution in [2.75, 3.05) is 39.5 Å². The summed E-state index contributed by atoms with van der Waals surface area (Å²) in [5.74, 6) is -0.984. The number of nitrogens with one attached hydrogen (secondary N) is 1. The molecule has 0 radical (unpaired) electrons. The first-order valence-corrected chi connectivity index (χ1v) is 11.6. The van der Waals surface area contributed by atoms with E-state index in [2.05, 4.69) is 29.6 Å². The SMILES string of the molecule is CC1(C(=O)O)CCN(C(=O)CCOCCNC(=O)OCC2c3ccccc3-c3ccccc32)C1. The molecule has 1 fully saturated rings. The van der Waals surface area contributed by atoms with Gasteiger partial charge in [0.2, 0.25) is 5.91 Å². The summed E-state index contributed by atoms with van der Waals surface area (Å²) in [5, 5.41) is 11.9. The molecule has 2 N–H and O–H groups in total. The number of hydrogen-bond acceptors (Lipinski definition) is 5. The smallest absolute Gasteiger partial charge is 0.407 e. The summed E-state index contributed by atoms with van der Waals surface area (Å²) >= 11 is 0. The standard InChI is InChI=1S/C26H30N2O6/c1-26(24(30)31)11-13-28(17-26)23(29)10-14-33-15-12-27-25(32)34-16-22-20-8-4-2-6-18(20)19-7-3-5-9-21(19)22/h2-9,22H,10-17H2,1H3,(H,27,32)(H,30,31). The molecule has 1 saturated heterocycles. The highest BCUT2D eigenvalue weighted by Gasteiger charge is 2.41. The molecule has 0 aromatic heterocycles. The van der Waals surface area contributed by atoms with Gasteiger partial charge in [-0.3, -0.25) is 9.59 Å². The lowest BCUT2D eigenvalue weighted by atomic mass is 9.90. The van der Waals surface area contributed by atoms with Gasteiger partial charge in [-0.25, -0.2) is 4.79 Å². The van der Waals surface area contributed by atoms with Gasteiger partial charge in [0.05, 0.1) is 25.0 Å². The van der Waals surface area contributed by atoms with E-state index < -0.39 is 17.5 Å². The summed E-state index contributed by atoms with van der Waals surface area (Å²) in [6.07, 6.45) is 0.131. The van der Waals surface area contributed by atoms with Crippen molar-refractivity contribution in [2.45, 2.75) is 25.7 Å². The van der Waals surface area contributed by atoms with Crippen LogP contribution in [0.25, 0.3) is 11.1 Å². The predicted octanol–water partition coefficient (Wildman–Crippen LogP) is 3.26. The molecule has 1 atom stereocenters. The van der Waals surface area contributed by atoms with Gasteiger partial charge in [-0.15, -0.1) is 0 Å². The van der Waals surface area contributed by atoms with E-state index in [-0.39, 0.29) is 51.2 Å². The molecule has 2 aromatic rings. The third-order valence-corrected chi connectivity index (χ3v) is 6.66. The lowest BCUT2D eigenvalue weighted by molar-refractivity contribution is -0.147. The van der Waals surface area contributed by atoms with Crippen molar-refractivity contribution >= 4 is 18.0 Å². The van der Waals surface area contributed by atoms with Gasteiger partial charge in [0.1, 0.15) is 6.61 Å². The van der Waals surface area contributed by atoms with Gasteiger partial charge in [-0.1, -0.05) is 48.5 Å². The monoisotopic (exact) mass is 466 g/mol. The third-order valence-electron chi connectivity index (χ3n) is 6.66. The Kier molecular flexibility index (Phi) is 7.17. The minimum atomic E-state index is -0.877. The van der Waals surface area contributed by atoms with E-state index >= 15 is 0 Å². The Morgan fingerprint density at radius 2 is 1.71 bits per heavy atom. The molecule has 1 heterocycles. The van der Waals surface area contributed by atoms with E-state index in [0.29, 0.717) is 13.0 Å². The number of nitrogens with zero attached hydrogens (tertiary/aromatic N) is 1. The Hall–Kier alpha value is -3.39. The Morgan fingerprint density at radius 1 is 1.06 bits per heavy atom. The van der Waals surface area contributed by atoms with E-state index in [9.17, 15) is 19.5 Å². The van der Waals surface area contributed by atoms with E-state index in [1.807, 2.05) is 24.3 Å². The molecule has 0 bridgehead atoms. The van der Waals surface area contributed by atoms with Crippen LogP contribution in [0, 0.1) is 5.41 Å². The van der Waals surface area contributed by atoms with E-state index in [4.69, 9.17) is 9.47 Å². The summed E-state index contributed by atoms with van der Waals surface area (Å²) in [4.78, 5) is 37.3. The molecule has 2 aliphatic rings. The van der Waals surface area contributed by atoms with E-state index in [1.165, 1.54) is 11.1 Å². The van der Waals surface area contributed by atoms with Gasteiger partial charge in [0.25, 0.3) is 0 Å². The average Bonchev–Trinajstić information content (AvgIpc) is 3.39. The molecule has 8 nitrogen and oxygen atoms in total. The molecule has 2 aromatic carbocycles. The molecular formula is C26H30N2O6. The molecule has 1 aliphatic carbocycles. The second-order valence-corrected chi connectivity index (χ2v) is 9.05. The second kappa shape index (κ2) is 10.3. The highest BCUT2D eigenvalue weighted by molar-refractivity contribution is 5.81. The quantitative estimate of drug-likeness (QED) is 0.550. The fourth-order valence-electron chi connectivity index (χ4n) is 4.64. The molecule has 8 heteroatoms. The number of carbonyl (C=O) groups excluding carboxylic acids is 2. The number of aliphatic carboxylic acids is 1. The highest BCUT2D eigenvalue weighted by Crippen LogP contribution is 2.44. The largest absolute Gasteiger partial charge is 0.481 e. The van der Waals surface area contributed by atoms with Crippen LogP contribution in [0.1, 0.15) is 36.8 Å². The molecule has 2 amide bonds. The number of rotatable bonds is 9. The van der Waals surface area contributed by atoms with Gasteiger partial charge >= 0.3 is 12.1 Å². The van der Waals surface area contributed by atoms with Crippen molar-refractivity contribution in [3.05, 3.63) is 59.7 Å². The van der Waals surface area contributed by atoms with Crippen LogP contribution in [0.2, 0.25) is 0 Å². The number of carbonyl (C=O) groups is 3. The normalized spacial score (nSPS) is 18.9. The Balaban J connectivity index is 1.13. The number of fused-ring (bicyclic) bond motifs is 3. The van der Waals surface area contributed by atoms with Gasteiger partial charge in [-0.05, 0) is 35.6 Å². The topological polar surface area (TPSA) is 105 Å². The van der Waals surface area contributed by atoms with Crippen LogP contribution in [0.3, 0.4) is 0 Å². The summed E-state index contributed by atoms with van der Waals surface area (Å²) in [5.41, 5.74) is 3.80. The number of benzene rings is 2. The Morgan fingerprint density at radius 3 is 2.32 bits per heavy atom. The van der Waals surface area contributed by atoms with Gasteiger partial charge in [-0.2, -0.15) is 0 Å². The summed E-state index contributed by atoms with van der Waals surface area (Å²) in [7, 11) is 0. The van der Waals surface area contributed by atoms with Crippen molar-refractivity contribution in [3.8, 4) is 11.1 Å². The highest BCUT2D eigenvalue weighted by atomic mass is 16.5. The Bertz CT molecular complexity index is 1030. The van der Waals surface area contributed by atoms with Crippen LogP contribution >= 0.6 is 0 Å². The first-order valence-electron chi connectivity index (χ1n) is 11.6. The van der Waals surface area contributed by atoms with Crippen LogP contribution in [-0.2, 0) is 19.1 Å². The number of carboxylic acids is 1. The fourth-order valence-corrected chi connectivity index (χ4v) is 4.64. The van der Waals surface area contributed by atoms with Crippen LogP contribution in [-0.4, -0.2) is 67.4 Å². The van der Waals surface area contributed by atoms with Crippen molar-refractivity contribution in [1.82, 2.24) is 10.2 Å². The van der Waals surface area contributed by atoms with Crippen molar-refractivity contribution in [2.24, 2.45) is 5.41 Å². The number of carboxylic acid groups (broad SMARTS) is 1. The van der Waals surface area contributed by atoms with Crippen LogP contribution in [0.4, 0.5) is 4.79 Å². The molecule has 180 valence electrons. The summed E-state index contributed by atoms with van der Waals surface area (Å²) in [6, 6.07) is 16.3. The molecule has 1 aliphatic heterocycles. The molecular weight excluding hydrogens is 436 g/mol. The minimum absolute atomic E-state index is 0.00832. The minimum Gasteiger partial charge on any atom is -0.481 e. The van der Waals surface area contributed by atoms with Crippen molar-refractivity contribution < 1.29 is 29.0 Å². The number of likely N-dealkylation sites (tertiary alicyclic amines) is 1. The first-order chi connectivity index (χ1) is 16.4. The van der Waals surface area contributed by atoms with E-state index in [1.54, 1.807) is 11.8 Å². The van der Waals surface area contributed by atoms with Crippen LogP contribution in [0.5, 0.6) is 0 Å². The Labute approximate surface area is 198 Å². The van der Waals surface area contributed by atoms with Gasteiger partial charge in [0.15, 0.2) is 0 Å². The maximum absolute atomic E-state index is 12.2. The predicted molar refractivity (Wildman–Crippen MR) is 125 cm³/mol. The molecule has 4 rings (SSSR count). The number of amides is 2. The summed E-state index contributed by atoms with van der Waals surface area (Å²) in [6.45, 7) is 3.32. The van der Waals surface area contributed by atoms with E-state index in [0.717, 1.165) is 11.1 Å². The maximum atomic E-state index is 12.2. The zero-order valence-electron chi connectivity index (χ0n) is 19.3. The van der Waals surface area contributed by atoms with Gasteiger partial charge in [0, 0.05) is 25.6 Å². The molecule has 0 saturated carbocycles. The van der Waals surface area contributed by atoms with Crippen LogP contribution < -0.4 is 5.32 Å². The van der Waals surface area contributed by atoms with Crippen molar-refractivity contribution in [3.63, 3.8) is 0 Å². The second-order valence-electron chi connectivity index (χ2n) is 9.05. The molecule has 34 heavy (non-hydrogen) atoms. The number of alkyl carbamates (subject to hydrolysis) is 1. The van der Waals surface area contributed by atoms with Crippen molar-refractivity contribution in [1.29, 1.82) is 0 Å². The zero-order valence-corrected chi connectivity index (χ0v) is 19.3. The number of hydrogen-bond donors (Lipinski definition) is 2. The lowest BCUT2D eigenvalue weighted by Crippen LogP contribution is -2.35.